The molecule has 1 N–H and O–H groups in total. The summed E-state index contributed by atoms with van der Waals surface area (Å²) < 4.78 is 39.3. The van der Waals surface area contributed by atoms with Crippen molar-refractivity contribution in [3.05, 3.63) is 77.9 Å². The number of hydrogen-bond donors (Lipinski definition) is 1. The van der Waals surface area contributed by atoms with Crippen LogP contribution in [0, 0.1) is 0 Å². The van der Waals surface area contributed by atoms with Gasteiger partial charge in [0, 0.05) is 10.9 Å². The van der Waals surface area contributed by atoms with Crippen molar-refractivity contribution in [3.8, 4) is 0 Å². The summed E-state index contributed by atoms with van der Waals surface area (Å²) in [5.41, 5.74) is -1.52. The number of benzene rings is 3. The Bertz CT molecular complexity index is 907. The second-order valence-corrected chi connectivity index (χ2v) is 7.50. The van der Waals surface area contributed by atoms with Gasteiger partial charge in [0.25, 0.3) is 0 Å². The molecular weight excluding hydrogens is 343 g/mol. The number of anilines is 1. The smallest absolute Gasteiger partial charge is 0.377 e. The Morgan fingerprint density at radius 3 is 2.40 bits per heavy atom. The third-order valence-electron chi connectivity index (χ3n) is 4.54. The lowest BCUT2D eigenvalue weighted by Gasteiger charge is -2.35. The van der Waals surface area contributed by atoms with Gasteiger partial charge in [-0.3, -0.25) is 0 Å². The van der Waals surface area contributed by atoms with Crippen molar-refractivity contribution in [2.45, 2.75) is 23.2 Å². The SMILES string of the molecule is FC(F)(F)S[C@H]1Cc2ccccc2N[C@H]1c1ccc2ccccc2c1. The molecule has 1 aliphatic heterocycles. The predicted octanol–water partition coefficient (Wildman–Crippen LogP) is 6.17. The van der Waals surface area contributed by atoms with Crippen molar-refractivity contribution in [3.63, 3.8) is 0 Å². The van der Waals surface area contributed by atoms with Crippen LogP contribution in [0.25, 0.3) is 10.8 Å². The molecule has 0 fully saturated rings. The first-order valence-corrected chi connectivity index (χ1v) is 8.95. The fourth-order valence-corrected chi connectivity index (χ4v) is 4.38. The molecule has 1 aliphatic rings. The second-order valence-electron chi connectivity index (χ2n) is 6.19. The number of para-hydroxylation sites is 1. The third kappa shape index (κ3) is 3.47. The van der Waals surface area contributed by atoms with E-state index >= 15 is 0 Å². The van der Waals surface area contributed by atoms with Crippen LogP contribution < -0.4 is 5.32 Å². The number of nitrogens with one attached hydrogen (secondary N) is 1. The van der Waals surface area contributed by atoms with E-state index in [-0.39, 0.29) is 17.8 Å². The molecule has 128 valence electrons. The Kier molecular flexibility index (Phi) is 4.12. The van der Waals surface area contributed by atoms with E-state index < -0.39 is 10.8 Å². The first-order chi connectivity index (χ1) is 12.0. The number of halogens is 3. The van der Waals surface area contributed by atoms with Gasteiger partial charge in [-0.15, -0.1) is 0 Å². The van der Waals surface area contributed by atoms with E-state index in [4.69, 9.17) is 0 Å². The fraction of sp³-hybridized carbons (Fsp3) is 0.200. The molecule has 0 saturated heterocycles. The van der Waals surface area contributed by atoms with Crippen LogP contribution in [0.15, 0.2) is 66.7 Å². The molecule has 0 amide bonds. The van der Waals surface area contributed by atoms with E-state index in [0.29, 0.717) is 6.42 Å². The molecule has 0 aromatic heterocycles. The molecule has 0 spiro atoms. The Morgan fingerprint density at radius 1 is 0.880 bits per heavy atom. The first kappa shape index (κ1) is 16.3. The van der Waals surface area contributed by atoms with Crippen molar-refractivity contribution in [1.29, 1.82) is 0 Å². The van der Waals surface area contributed by atoms with Crippen LogP contribution in [0.2, 0.25) is 0 Å². The molecule has 0 radical (unpaired) electrons. The zero-order valence-corrected chi connectivity index (χ0v) is 14.1. The minimum Gasteiger partial charge on any atom is -0.377 e. The summed E-state index contributed by atoms with van der Waals surface area (Å²) in [5.74, 6) is 0. The Hall–Kier alpha value is -2.14. The minimum absolute atomic E-state index is 0.0871. The fourth-order valence-electron chi connectivity index (χ4n) is 3.41. The van der Waals surface area contributed by atoms with Crippen LogP contribution in [0.5, 0.6) is 0 Å². The number of hydrogen-bond acceptors (Lipinski definition) is 2. The van der Waals surface area contributed by atoms with Crippen LogP contribution in [-0.4, -0.2) is 10.8 Å². The van der Waals surface area contributed by atoms with Crippen LogP contribution in [0.4, 0.5) is 18.9 Å². The normalized spacial score (nSPS) is 20.1. The zero-order valence-electron chi connectivity index (χ0n) is 13.3. The van der Waals surface area contributed by atoms with Crippen molar-refractivity contribution in [2.24, 2.45) is 0 Å². The molecule has 2 atom stereocenters. The minimum atomic E-state index is -4.26. The summed E-state index contributed by atoms with van der Waals surface area (Å²) >= 11 is 0.0871. The van der Waals surface area contributed by atoms with Gasteiger partial charge >= 0.3 is 5.51 Å². The van der Waals surface area contributed by atoms with Crippen molar-refractivity contribution < 1.29 is 13.2 Å². The van der Waals surface area contributed by atoms with Crippen LogP contribution in [0.1, 0.15) is 17.2 Å². The lowest BCUT2D eigenvalue weighted by Crippen LogP contribution is -2.32. The highest BCUT2D eigenvalue weighted by molar-refractivity contribution is 8.00. The van der Waals surface area contributed by atoms with Crippen molar-refractivity contribution in [2.75, 3.05) is 5.32 Å². The largest absolute Gasteiger partial charge is 0.442 e. The summed E-state index contributed by atoms with van der Waals surface area (Å²) in [7, 11) is 0. The van der Waals surface area contributed by atoms with Crippen molar-refractivity contribution >= 4 is 28.2 Å². The van der Waals surface area contributed by atoms with Gasteiger partial charge in [0.1, 0.15) is 0 Å². The van der Waals surface area contributed by atoms with Gasteiger partial charge in [-0.05, 0) is 52.2 Å². The van der Waals surface area contributed by atoms with Gasteiger partial charge in [0.05, 0.1) is 6.04 Å². The van der Waals surface area contributed by atoms with E-state index in [1.165, 1.54) is 0 Å². The highest BCUT2D eigenvalue weighted by atomic mass is 32.2. The van der Waals surface area contributed by atoms with Gasteiger partial charge in [-0.1, -0.05) is 54.6 Å². The third-order valence-corrected chi connectivity index (χ3v) is 5.55. The summed E-state index contributed by atoms with van der Waals surface area (Å²) in [5, 5.41) is 4.85. The van der Waals surface area contributed by atoms with Crippen LogP contribution >= 0.6 is 11.8 Å². The topological polar surface area (TPSA) is 12.0 Å². The molecule has 0 saturated carbocycles. The van der Waals surface area contributed by atoms with E-state index in [9.17, 15) is 13.2 Å². The lowest BCUT2D eigenvalue weighted by atomic mass is 9.92. The van der Waals surface area contributed by atoms with Gasteiger partial charge in [0.2, 0.25) is 0 Å². The molecule has 25 heavy (non-hydrogen) atoms. The molecule has 0 bridgehead atoms. The maximum atomic E-state index is 13.1. The average Bonchev–Trinajstić information content (AvgIpc) is 2.59. The lowest BCUT2D eigenvalue weighted by molar-refractivity contribution is -0.0335. The van der Waals surface area contributed by atoms with E-state index in [1.54, 1.807) is 0 Å². The molecule has 0 unspecified atom stereocenters. The number of thioether (sulfide) groups is 1. The molecule has 1 heterocycles. The molecule has 4 rings (SSSR count). The molecular formula is C20H16F3NS. The molecule has 3 aromatic rings. The Labute approximate surface area is 148 Å². The van der Waals surface area contributed by atoms with Gasteiger partial charge < -0.3 is 5.32 Å². The van der Waals surface area contributed by atoms with Crippen LogP contribution in [0.3, 0.4) is 0 Å². The summed E-state index contributed by atoms with van der Waals surface area (Å²) in [6.45, 7) is 0. The van der Waals surface area contributed by atoms with E-state index in [1.807, 2.05) is 66.7 Å². The Balaban J connectivity index is 1.75. The monoisotopic (exact) mass is 359 g/mol. The number of alkyl halides is 3. The summed E-state index contributed by atoms with van der Waals surface area (Å²) in [4.78, 5) is 0. The van der Waals surface area contributed by atoms with Crippen LogP contribution in [-0.2, 0) is 6.42 Å². The van der Waals surface area contributed by atoms with Gasteiger partial charge in [-0.25, -0.2) is 0 Å². The summed E-state index contributed by atoms with van der Waals surface area (Å²) in [6.07, 6.45) is 0.394. The van der Waals surface area contributed by atoms with E-state index in [0.717, 1.165) is 27.6 Å². The average molecular weight is 359 g/mol. The maximum Gasteiger partial charge on any atom is 0.442 e. The van der Waals surface area contributed by atoms with E-state index in [2.05, 4.69) is 5.32 Å². The first-order valence-electron chi connectivity index (χ1n) is 8.07. The highest BCUT2D eigenvalue weighted by Gasteiger charge is 2.39. The molecule has 3 aromatic carbocycles. The summed E-state index contributed by atoms with van der Waals surface area (Å²) in [6, 6.07) is 21.0. The van der Waals surface area contributed by atoms with Gasteiger partial charge in [0.15, 0.2) is 0 Å². The standard InChI is InChI=1S/C20H16F3NS/c21-20(22,23)25-18-12-15-7-3-4-8-17(15)24-19(18)16-10-9-13-5-1-2-6-14(13)11-16/h1-11,18-19,24H,12H2/t18-,19-/m0/s1. The molecule has 5 heteroatoms. The highest BCUT2D eigenvalue weighted by Crippen LogP contribution is 2.45. The van der Waals surface area contributed by atoms with Gasteiger partial charge in [-0.2, -0.15) is 13.2 Å². The second kappa shape index (κ2) is 6.30. The quantitative estimate of drug-likeness (QED) is 0.587. The number of rotatable bonds is 2. The predicted molar refractivity (Wildman–Crippen MR) is 97.9 cm³/mol. The van der Waals surface area contributed by atoms with Crippen molar-refractivity contribution in [1.82, 2.24) is 0 Å². The maximum absolute atomic E-state index is 13.1. The molecule has 1 nitrogen and oxygen atoms in total. The molecule has 0 aliphatic carbocycles. The zero-order chi connectivity index (χ0) is 17.4. The Morgan fingerprint density at radius 2 is 1.60 bits per heavy atom. The number of fused-ring (bicyclic) bond motifs is 2.